The third-order valence-electron chi connectivity index (χ3n) is 9.94. The molecule has 0 spiro atoms. The van der Waals surface area contributed by atoms with Crippen LogP contribution in [0.5, 0.6) is 0 Å². The van der Waals surface area contributed by atoms with Gasteiger partial charge in [0.2, 0.25) is 0 Å². The van der Waals surface area contributed by atoms with E-state index in [0.717, 1.165) is 38.5 Å². The van der Waals surface area contributed by atoms with Gasteiger partial charge in [-0.15, -0.1) is 0 Å². The van der Waals surface area contributed by atoms with Gasteiger partial charge in [-0.2, -0.15) is 0 Å². The molecule has 0 saturated heterocycles. The maximum Gasteiger partial charge on any atom is 0.306 e. The molecule has 0 rings (SSSR count). The summed E-state index contributed by atoms with van der Waals surface area (Å²) in [6, 6.07) is 0. The lowest BCUT2D eigenvalue weighted by Gasteiger charge is -2.15. The molecule has 5 heteroatoms. The lowest BCUT2D eigenvalue weighted by atomic mass is 10.0. The fraction of sp³-hybridized carbons (Fsp3) is 0.830. The van der Waals surface area contributed by atoms with E-state index in [-0.39, 0.29) is 25.2 Å². The van der Waals surface area contributed by atoms with Crippen molar-refractivity contribution in [2.24, 2.45) is 0 Å². The number of carbonyl (C=O) groups excluding carboxylic acids is 2. The highest BCUT2D eigenvalue weighted by molar-refractivity contribution is 5.70. The molecule has 0 amide bonds. The molecule has 0 heterocycles. The number of esters is 2. The lowest BCUT2D eigenvalue weighted by molar-refractivity contribution is -0.161. The smallest absolute Gasteiger partial charge is 0.306 e. The second kappa shape index (κ2) is 43.5. The summed E-state index contributed by atoms with van der Waals surface area (Å²) in [4.78, 5) is 24.3. The summed E-state index contributed by atoms with van der Waals surface area (Å²) in [7, 11) is 0. The van der Waals surface area contributed by atoms with Gasteiger partial charge in [-0.1, -0.05) is 211 Å². The first-order valence-electron chi connectivity index (χ1n) is 22.5. The quantitative estimate of drug-likeness (QED) is 0.0385. The normalized spacial score (nSPS) is 12.4. The lowest BCUT2D eigenvalue weighted by Crippen LogP contribution is -2.28. The Balaban J connectivity index is 3.55. The van der Waals surface area contributed by atoms with E-state index in [1.54, 1.807) is 0 Å². The van der Waals surface area contributed by atoms with Gasteiger partial charge in [-0.3, -0.25) is 9.59 Å². The molecule has 0 aromatic carbocycles. The molecule has 0 saturated carbocycles. The van der Waals surface area contributed by atoms with E-state index >= 15 is 0 Å². The Hall–Kier alpha value is -1.88. The Morgan fingerprint density at radius 1 is 0.442 bits per heavy atom. The molecule has 1 unspecified atom stereocenters. The Morgan fingerprint density at radius 3 is 1.21 bits per heavy atom. The molecular formula is C47H86O5. The molecule has 1 atom stereocenters. The van der Waals surface area contributed by atoms with Gasteiger partial charge >= 0.3 is 11.9 Å². The van der Waals surface area contributed by atoms with Gasteiger partial charge in [0, 0.05) is 12.8 Å². The van der Waals surface area contributed by atoms with Crippen LogP contribution >= 0.6 is 0 Å². The zero-order valence-electron chi connectivity index (χ0n) is 34.6. The maximum atomic E-state index is 12.2. The van der Waals surface area contributed by atoms with Crippen molar-refractivity contribution >= 4 is 11.9 Å². The fourth-order valence-corrected chi connectivity index (χ4v) is 6.51. The van der Waals surface area contributed by atoms with Crippen molar-refractivity contribution in [1.82, 2.24) is 0 Å². The monoisotopic (exact) mass is 731 g/mol. The minimum absolute atomic E-state index is 0.0889. The van der Waals surface area contributed by atoms with Gasteiger partial charge in [-0.25, -0.2) is 0 Å². The summed E-state index contributed by atoms with van der Waals surface area (Å²) in [5.74, 6) is -0.642. The SMILES string of the molecule is CCCCCCCCC=CCC=CCC=CCCCC(=O)OCC(CO)OC(=O)CCCCCCCCCCCCCCCCCCCCCCC. The van der Waals surface area contributed by atoms with Crippen LogP contribution in [0, 0.1) is 0 Å². The summed E-state index contributed by atoms with van der Waals surface area (Å²) in [5, 5.41) is 9.58. The molecule has 1 N–H and O–H groups in total. The molecule has 0 aromatic rings. The number of hydrogen-bond acceptors (Lipinski definition) is 5. The highest BCUT2D eigenvalue weighted by Crippen LogP contribution is 2.16. The van der Waals surface area contributed by atoms with Crippen LogP contribution in [0.3, 0.4) is 0 Å². The molecule has 304 valence electrons. The average Bonchev–Trinajstić information content (AvgIpc) is 3.15. The van der Waals surface area contributed by atoms with E-state index in [9.17, 15) is 14.7 Å². The topological polar surface area (TPSA) is 72.8 Å². The van der Waals surface area contributed by atoms with Crippen LogP contribution in [0.15, 0.2) is 36.5 Å². The summed E-state index contributed by atoms with van der Waals surface area (Å²) in [6.07, 6.45) is 53.7. The average molecular weight is 731 g/mol. The Kier molecular flexibility index (Phi) is 42.0. The van der Waals surface area contributed by atoms with Crippen molar-refractivity contribution in [1.29, 1.82) is 0 Å². The second-order valence-corrected chi connectivity index (χ2v) is 15.1. The van der Waals surface area contributed by atoms with Crippen LogP contribution in [0.25, 0.3) is 0 Å². The van der Waals surface area contributed by atoms with Gasteiger partial charge in [0.15, 0.2) is 6.10 Å². The van der Waals surface area contributed by atoms with Crippen LogP contribution in [0.4, 0.5) is 0 Å². The largest absolute Gasteiger partial charge is 0.462 e. The number of rotatable bonds is 41. The van der Waals surface area contributed by atoms with Crippen LogP contribution in [-0.2, 0) is 19.1 Å². The second-order valence-electron chi connectivity index (χ2n) is 15.1. The van der Waals surface area contributed by atoms with E-state index in [2.05, 4.69) is 50.3 Å². The highest BCUT2D eigenvalue weighted by atomic mass is 16.6. The van der Waals surface area contributed by atoms with Gasteiger partial charge in [0.05, 0.1) is 6.61 Å². The molecule has 0 radical (unpaired) electrons. The highest BCUT2D eigenvalue weighted by Gasteiger charge is 2.16. The predicted octanol–water partition coefficient (Wildman–Crippen LogP) is 14.4. The van der Waals surface area contributed by atoms with E-state index < -0.39 is 6.10 Å². The first-order chi connectivity index (χ1) is 25.6. The minimum atomic E-state index is -0.788. The van der Waals surface area contributed by atoms with Crippen molar-refractivity contribution in [3.05, 3.63) is 36.5 Å². The number of allylic oxidation sites excluding steroid dienone is 6. The van der Waals surface area contributed by atoms with Crippen molar-refractivity contribution in [3.63, 3.8) is 0 Å². The van der Waals surface area contributed by atoms with Crippen LogP contribution in [0.1, 0.15) is 232 Å². The summed E-state index contributed by atoms with van der Waals surface area (Å²) < 4.78 is 10.6. The fourth-order valence-electron chi connectivity index (χ4n) is 6.51. The van der Waals surface area contributed by atoms with Crippen molar-refractivity contribution < 1.29 is 24.2 Å². The number of hydrogen-bond donors (Lipinski definition) is 1. The van der Waals surface area contributed by atoms with Gasteiger partial charge < -0.3 is 14.6 Å². The first-order valence-corrected chi connectivity index (χ1v) is 22.5. The molecule has 0 fully saturated rings. The minimum Gasteiger partial charge on any atom is -0.462 e. The first kappa shape index (κ1) is 50.1. The Morgan fingerprint density at radius 2 is 0.788 bits per heavy atom. The summed E-state index contributed by atoms with van der Waals surface area (Å²) >= 11 is 0. The molecule has 52 heavy (non-hydrogen) atoms. The zero-order chi connectivity index (χ0) is 37.8. The predicted molar refractivity (Wildman–Crippen MR) is 224 cm³/mol. The number of aliphatic hydroxyl groups is 1. The molecule has 5 nitrogen and oxygen atoms in total. The third-order valence-corrected chi connectivity index (χ3v) is 9.94. The van der Waals surface area contributed by atoms with Gasteiger partial charge in [0.25, 0.3) is 0 Å². The number of ether oxygens (including phenoxy) is 2. The molecule has 0 aromatic heterocycles. The van der Waals surface area contributed by atoms with Crippen molar-refractivity contribution in [2.45, 2.75) is 238 Å². The van der Waals surface area contributed by atoms with E-state index in [4.69, 9.17) is 9.47 Å². The van der Waals surface area contributed by atoms with Gasteiger partial charge in [-0.05, 0) is 44.9 Å². The summed E-state index contributed by atoms with van der Waals surface area (Å²) in [5.41, 5.74) is 0. The van der Waals surface area contributed by atoms with Gasteiger partial charge in [0.1, 0.15) is 6.61 Å². The molecule has 0 aliphatic carbocycles. The number of aliphatic hydroxyl groups excluding tert-OH is 1. The van der Waals surface area contributed by atoms with E-state index in [1.165, 1.54) is 161 Å². The molecule has 0 aliphatic rings. The Labute approximate surface area is 323 Å². The molecular weight excluding hydrogens is 645 g/mol. The third kappa shape index (κ3) is 40.9. The number of unbranched alkanes of at least 4 members (excludes halogenated alkanes) is 27. The van der Waals surface area contributed by atoms with E-state index in [1.807, 2.05) is 0 Å². The van der Waals surface area contributed by atoms with Crippen LogP contribution in [-0.4, -0.2) is 36.4 Å². The molecule has 0 aliphatic heterocycles. The zero-order valence-corrected chi connectivity index (χ0v) is 34.6. The van der Waals surface area contributed by atoms with Crippen molar-refractivity contribution in [3.8, 4) is 0 Å². The summed E-state index contributed by atoms with van der Waals surface area (Å²) in [6.45, 7) is 4.11. The standard InChI is InChI=1S/C47H86O5/c1-3-5-7-9-11-13-15-17-19-21-22-23-24-26-28-30-32-34-36-38-40-42-47(50)52-45(43-48)44-51-46(49)41-39-37-35-33-31-29-27-25-20-18-16-14-12-10-8-6-4-2/h18,20,27,29,33,35,45,48H,3-17,19,21-26,28,30-32,34,36-44H2,1-2H3. The molecule has 0 bridgehead atoms. The van der Waals surface area contributed by atoms with Crippen molar-refractivity contribution in [2.75, 3.05) is 13.2 Å². The van der Waals surface area contributed by atoms with Crippen LogP contribution in [0.2, 0.25) is 0 Å². The Bertz CT molecular complexity index is 832. The van der Waals surface area contributed by atoms with E-state index in [0.29, 0.717) is 19.3 Å². The maximum absolute atomic E-state index is 12.2. The van der Waals surface area contributed by atoms with Crippen LogP contribution < -0.4 is 0 Å². The number of carbonyl (C=O) groups is 2.